The number of hydrogen-bond donors (Lipinski definition) is 4. The molecule has 0 aromatic heterocycles. The third-order valence-electron chi connectivity index (χ3n) is 8.04. The van der Waals surface area contributed by atoms with E-state index in [1.807, 2.05) is 51.1 Å². The monoisotopic (exact) mass is 544 g/mol. The summed E-state index contributed by atoms with van der Waals surface area (Å²) in [6.45, 7) is 11.9. The minimum atomic E-state index is -1.04. The van der Waals surface area contributed by atoms with Crippen molar-refractivity contribution < 1.29 is 19.5 Å². The lowest BCUT2D eigenvalue weighted by Crippen LogP contribution is -2.57. The van der Waals surface area contributed by atoms with Crippen LogP contribution in [-0.2, 0) is 20.8 Å². The Balaban J connectivity index is 2.31. The van der Waals surface area contributed by atoms with Gasteiger partial charge in [0.1, 0.15) is 0 Å². The molecule has 0 saturated carbocycles. The van der Waals surface area contributed by atoms with Gasteiger partial charge in [-0.05, 0) is 52.1 Å². The fourth-order valence-electron chi connectivity index (χ4n) is 5.03. The van der Waals surface area contributed by atoms with Gasteiger partial charge in [0.05, 0.1) is 23.6 Å². The molecule has 5 N–H and O–H groups in total. The molecule has 4 atom stereocenters. The summed E-state index contributed by atoms with van der Waals surface area (Å²) in [7, 11) is 0. The van der Waals surface area contributed by atoms with Gasteiger partial charge in [0.15, 0.2) is 0 Å². The molecule has 1 aliphatic rings. The maximum Gasteiger partial charge on any atom is 0.237 e. The van der Waals surface area contributed by atoms with Crippen molar-refractivity contribution >= 4 is 17.7 Å². The van der Waals surface area contributed by atoms with Crippen LogP contribution in [-0.4, -0.2) is 64.5 Å². The van der Waals surface area contributed by atoms with E-state index in [1.54, 1.807) is 20.8 Å². The van der Waals surface area contributed by atoms with Crippen LogP contribution in [0.5, 0.6) is 0 Å². The van der Waals surface area contributed by atoms with Crippen molar-refractivity contribution in [2.45, 2.75) is 117 Å². The van der Waals surface area contributed by atoms with Gasteiger partial charge in [-0.2, -0.15) is 0 Å². The number of carbonyl (C=O) groups is 3. The van der Waals surface area contributed by atoms with E-state index in [0.29, 0.717) is 13.0 Å². The molecule has 0 spiro atoms. The van der Waals surface area contributed by atoms with Gasteiger partial charge in [0, 0.05) is 18.0 Å². The van der Waals surface area contributed by atoms with Gasteiger partial charge in [0.25, 0.3) is 0 Å². The molecule has 39 heavy (non-hydrogen) atoms. The highest BCUT2D eigenvalue weighted by molar-refractivity contribution is 5.89. The van der Waals surface area contributed by atoms with Crippen molar-refractivity contribution in [3.63, 3.8) is 0 Å². The number of nitrogens with one attached hydrogen (secondary N) is 2. The maximum atomic E-state index is 13.4. The van der Waals surface area contributed by atoms with Crippen molar-refractivity contribution in [2.75, 3.05) is 13.1 Å². The smallest absolute Gasteiger partial charge is 0.237 e. The van der Waals surface area contributed by atoms with Crippen LogP contribution in [0.4, 0.5) is 0 Å². The largest absolute Gasteiger partial charge is 0.390 e. The molecule has 3 amide bonds. The molecule has 0 bridgehead atoms. The van der Waals surface area contributed by atoms with Crippen molar-refractivity contribution in [1.29, 1.82) is 0 Å². The van der Waals surface area contributed by atoms with Crippen molar-refractivity contribution in [3.8, 4) is 0 Å². The second-order valence-corrected chi connectivity index (χ2v) is 12.8. The number of primary amides is 1. The summed E-state index contributed by atoms with van der Waals surface area (Å²) in [5.74, 6) is -1.58. The lowest BCUT2D eigenvalue weighted by Gasteiger charge is -2.37. The SMILES string of the molecule is CC(C(=O)NC(Cc1ccccc1)C(O)CN1CCCCCCCCC1C(=O)NC(C)(C)C)C(C)(C)C(N)=O. The Kier molecular flexibility index (Phi) is 12.4. The normalized spacial score (nSPS) is 20.3. The molecule has 8 nitrogen and oxygen atoms in total. The highest BCUT2D eigenvalue weighted by atomic mass is 16.3. The average Bonchev–Trinajstić information content (AvgIpc) is 2.86. The zero-order valence-corrected chi connectivity index (χ0v) is 25.0. The highest BCUT2D eigenvalue weighted by Crippen LogP contribution is 2.27. The second-order valence-electron chi connectivity index (χ2n) is 12.8. The zero-order chi connectivity index (χ0) is 29.2. The lowest BCUT2D eigenvalue weighted by atomic mass is 9.78. The standard InChI is InChI=1S/C31H52N4O4/c1-22(31(5,6)29(32)39)27(37)33-24(20-23-16-12-11-13-17-23)26(36)21-35-19-15-10-8-7-9-14-18-25(35)28(38)34-30(2,3)4/h11-13,16-17,22,24-26,36H,7-10,14-15,18-21H2,1-6H3,(H2,32,39)(H,33,37)(H,34,38). The molecule has 1 aromatic carbocycles. The van der Waals surface area contributed by atoms with Crippen LogP contribution in [0.15, 0.2) is 30.3 Å². The van der Waals surface area contributed by atoms with E-state index in [0.717, 1.165) is 37.7 Å². The number of aliphatic hydroxyl groups excluding tert-OH is 1. The highest BCUT2D eigenvalue weighted by Gasteiger charge is 2.38. The first-order valence-corrected chi connectivity index (χ1v) is 14.6. The molecule has 2 rings (SSSR count). The van der Waals surface area contributed by atoms with Gasteiger partial charge >= 0.3 is 0 Å². The predicted octanol–water partition coefficient (Wildman–Crippen LogP) is 3.55. The van der Waals surface area contributed by atoms with Gasteiger partial charge in [-0.15, -0.1) is 0 Å². The number of aliphatic hydroxyl groups is 1. The number of nitrogens with zero attached hydrogens (tertiary/aromatic N) is 1. The third kappa shape index (κ3) is 10.6. The molecule has 4 unspecified atom stereocenters. The first-order valence-electron chi connectivity index (χ1n) is 14.6. The van der Waals surface area contributed by atoms with E-state index in [1.165, 1.54) is 12.8 Å². The van der Waals surface area contributed by atoms with E-state index in [-0.39, 0.29) is 29.9 Å². The molecular weight excluding hydrogens is 492 g/mol. The van der Waals surface area contributed by atoms with Crippen LogP contribution < -0.4 is 16.4 Å². The summed E-state index contributed by atoms with van der Waals surface area (Å²) >= 11 is 0. The Morgan fingerprint density at radius 3 is 2.18 bits per heavy atom. The van der Waals surface area contributed by atoms with Crippen LogP contribution in [0.3, 0.4) is 0 Å². The molecule has 220 valence electrons. The topological polar surface area (TPSA) is 125 Å². The van der Waals surface area contributed by atoms with Gasteiger partial charge in [-0.3, -0.25) is 19.3 Å². The average molecular weight is 545 g/mol. The molecule has 1 saturated heterocycles. The van der Waals surface area contributed by atoms with Gasteiger partial charge in [-0.25, -0.2) is 0 Å². The summed E-state index contributed by atoms with van der Waals surface area (Å²) in [6.07, 6.45) is 6.67. The van der Waals surface area contributed by atoms with E-state index in [2.05, 4.69) is 15.5 Å². The Bertz CT molecular complexity index is 928. The predicted molar refractivity (Wildman–Crippen MR) is 156 cm³/mol. The summed E-state index contributed by atoms with van der Waals surface area (Å²) in [6, 6.07) is 8.76. The van der Waals surface area contributed by atoms with Crippen LogP contribution in [0.1, 0.15) is 92.1 Å². The van der Waals surface area contributed by atoms with Crippen LogP contribution in [0, 0.1) is 11.3 Å². The Morgan fingerprint density at radius 2 is 1.59 bits per heavy atom. The van der Waals surface area contributed by atoms with Gasteiger partial charge in [-0.1, -0.05) is 83.2 Å². The first-order chi connectivity index (χ1) is 18.2. The third-order valence-corrected chi connectivity index (χ3v) is 8.04. The molecule has 1 fully saturated rings. The molecule has 1 aromatic rings. The van der Waals surface area contributed by atoms with Crippen LogP contribution in [0.25, 0.3) is 0 Å². The summed E-state index contributed by atoms with van der Waals surface area (Å²) in [4.78, 5) is 40.8. The number of nitrogens with two attached hydrogens (primary N) is 1. The Labute approximate surface area is 235 Å². The molecule has 0 aliphatic carbocycles. The quantitative estimate of drug-likeness (QED) is 0.359. The van der Waals surface area contributed by atoms with Crippen molar-refractivity contribution in [2.24, 2.45) is 17.1 Å². The van der Waals surface area contributed by atoms with E-state index >= 15 is 0 Å². The van der Waals surface area contributed by atoms with Crippen molar-refractivity contribution in [3.05, 3.63) is 35.9 Å². The van der Waals surface area contributed by atoms with Crippen LogP contribution >= 0.6 is 0 Å². The maximum absolute atomic E-state index is 13.4. The zero-order valence-electron chi connectivity index (χ0n) is 25.0. The fraction of sp³-hybridized carbons (Fsp3) is 0.710. The van der Waals surface area contributed by atoms with Gasteiger partial charge < -0.3 is 21.5 Å². The first kappa shape index (κ1) is 32.8. The van der Waals surface area contributed by atoms with E-state index in [4.69, 9.17) is 5.73 Å². The molecule has 0 radical (unpaired) electrons. The molecule has 1 aliphatic heterocycles. The van der Waals surface area contributed by atoms with Crippen molar-refractivity contribution in [1.82, 2.24) is 15.5 Å². The fourth-order valence-corrected chi connectivity index (χ4v) is 5.03. The summed E-state index contributed by atoms with van der Waals surface area (Å²) in [5.41, 5.74) is 5.15. The van der Waals surface area contributed by atoms with E-state index < -0.39 is 29.4 Å². The van der Waals surface area contributed by atoms with E-state index in [9.17, 15) is 19.5 Å². The molecule has 1 heterocycles. The second kappa shape index (κ2) is 14.8. The number of β-amino-alcohol motifs (C(OH)–C–C–N with tert-alkyl or cyclic N) is 1. The van der Waals surface area contributed by atoms with Gasteiger partial charge in [0.2, 0.25) is 17.7 Å². The Hall–Kier alpha value is -2.45. The summed E-state index contributed by atoms with van der Waals surface area (Å²) < 4.78 is 0. The summed E-state index contributed by atoms with van der Waals surface area (Å²) in [5, 5.41) is 17.8. The lowest BCUT2D eigenvalue weighted by molar-refractivity contribution is -0.138. The number of rotatable bonds is 10. The Morgan fingerprint density at radius 1 is 1.00 bits per heavy atom. The minimum absolute atomic E-state index is 0.0178. The number of amides is 3. The number of benzene rings is 1. The molecule has 8 heteroatoms. The number of carbonyl (C=O) groups excluding carboxylic acids is 3. The minimum Gasteiger partial charge on any atom is -0.390 e. The molecular formula is C31H52N4O4. The number of hydrogen-bond acceptors (Lipinski definition) is 5. The van der Waals surface area contributed by atoms with Crippen LogP contribution in [0.2, 0.25) is 0 Å².